The molecule has 3 aromatic rings. The van der Waals surface area contributed by atoms with E-state index in [0.717, 1.165) is 33.9 Å². The maximum absolute atomic E-state index is 10.9. The minimum Gasteiger partial charge on any atom is -0.504 e. The molecule has 6 nitrogen and oxygen atoms in total. The summed E-state index contributed by atoms with van der Waals surface area (Å²) in [6.45, 7) is 4.93. The maximum atomic E-state index is 10.9. The van der Waals surface area contributed by atoms with Gasteiger partial charge in [0.2, 0.25) is 0 Å². The van der Waals surface area contributed by atoms with Crippen LogP contribution in [0.1, 0.15) is 49.2 Å². The SMILES string of the molecule is CCOc1ccccc1[C@@H]1N=C(c2ccc(OC)cc2)C[C@@H](c2cccc(OCC)c2O)N1. The van der Waals surface area contributed by atoms with Gasteiger partial charge in [-0.05, 0) is 55.8 Å². The maximum Gasteiger partial charge on any atom is 0.162 e. The zero-order valence-electron chi connectivity index (χ0n) is 19.2. The smallest absolute Gasteiger partial charge is 0.162 e. The molecule has 0 spiro atoms. The van der Waals surface area contributed by atoms with Gasteiger partial charge in [-0.25, -0.2) is 0 Å². The molecule has 0 bridgehead atoms. The van der Waals surface area contributed by atoms with Crippen molar-refractivity contribution < 1.29 is 19.3 Å². The lowest BCUT2D eigenvalue weighted by molar-refractivity contribution is 0.311. The Bertz CT molecular complexity index is 1110. The Balaban J connectivity index is 1.77. The van der Waals surface area contributed by atoms with Gasteiger partial charge in [0.05, 0.1) is 20.3 Å². The average Bonchev–Trinajstić information content (AvgIpc) is 2.86. The van der Waals surface area contributed by atoms with Gasteiger partial charge in [0.25, 0.3) is 0 Å². The number of phenols is 1. The quantitative estimate of drug-likeness (QED) is 0.483. The third kappa shape index (κ3) is 4.96. The number of nitrogens with one attached hydrogen (secondary N) is 1. The van der Waals surface area contributed by atoms with Crippen LogP contribution in [0.2, 0.25) is 0 Å². The summed E-state index contributed by atoms with van der Waals surface area (Å²) in [7, 11) is 1.65. The van der Waals surface area contributed by atoms with Gasteiger partial charge in [-0.3, -0.25) is 10.3 Å². The van der Waals surface area contributed by atoms with E-state index in [4.69, 9.17) is 19.2 Å². The molecule has 1 aliphatic rings. The Hall–Kier alpha value is -3.51. The number of benzene rings is 3. The van der Waals surface area contributed by atoms with Crippen LogP contribution in [0, 0.1) is 0 Å². The highest BCUT2D eigenvalue weighted by atomic mass is 16.5. The number of para-hydroxylation sites is 2. The first-order valence-corrected chi connectivity index (χ1v) is 11.3. The molecule has 0 aromatic heterocycles. The number of nitrogens with zero attached hydrogens (tertiary/aromatic N) is 1. The second kappa shape index (κ2) is 10.4. The molecule has 1 heterocycles. The molecule has 0 fully saturated rings. The number of phenolic OH excluding ortho intramolecular Hbond substituents is 1. The largest absolute Gasteiger partial charge is 0.504 e. The van der Waals surface area contributed by atoms with Crippen LogP contribution in [-0.4, -0.2) is 31.1 Å². The van der Waals surface area contributed by atoms with E-state index in [1.165, 1.54) is 0 Å². The average molecular weight is 447 g/mol. The van der Waals surface area contributed by atoms with Crippen LogP contribution in [0.25, 0.3) is 0 Å². The fourth-order valence-corrected chi connectivity index (χ4v) is 4.11. The molecule has 2 N–H and O–H groups in total. The molecule has 2 atom stereocenters. The van der Waals surface area contributed by atoms with E-state index >= 15 is 0 Å². The topological polar surface area (TPSA) is 72.3 Å². The molecule has 0 unspecified atom stereocenters. The number of rotatable bonds is 8. The summed E-state index contributed by atoms with van der Waals surface area (Å²) < 4.78 is 16.8. The number of hydrogen-bond acceptors (Lipinski definition) is 6. The van der Waals surface area contributed by atoms with Crippen LogP contribution >= 0.6 is 0 Å². The molecule has 0 radical (unpaired) electrons. The van der Waals surface area contributed by atoms with E-state index in [2.05, 4.69) is 5.32 Å². The molecular formula is C27H30N2O4. The van der Waals surface area contributed by atoms with Crippen molar-refractivity contribution in [2.75, 3.05) is 20.3 Å². The first kappa shape index (κ1) is 22.7. The Kier molecular flexibility index (Phi) is 7.15. The summed E-state index contributed by atoms with van der Waals surface area (Å²) >= 11 is 0. The number of aromatic hydroxyl groups is 1. The highest BCUT2D eigenvalue weighted by molar-refractivity contribution is 6.01. The van der Waals surface area contributed by atoms with Crippen LogP contribution in [-0.2, 0) is 0 Å². The van der Waals surface area contributed by atoms with Gasteiger partial charge >= 0.3 is 0 Å². The molecule has 3 aromatic carbocycles. The molecule has 0 aliphatic carbocycles. The van der Waals surface area contributed by atoms with E-state index in [0.29, 0.717) is 25.4 Å². The minimum absolute atomic E-state index is 0.157. The van der Waals surface area contributed by atoms with Crippen molar-refractivity contribution in [3.05, 3.63) is 83.4 Å². The predicted molar refractivity (Wildman–Crippen MR) is 130 cm³/mol. The van der Waals surface area contributed by atoms with Crippen LogP contribution < -0.4 is 19.5 Å². The van der Waals surface area contributed by atoms with E-state index in [-0.39, 0.29) is 18.0 Å². The summed E-state index contributed by atoms with van der Waals surface area (Å²) in [6, 6.07) is 21.3. The first-order valence-electron chi connectivity index (χ1n) is 11.3. The van der Waals surface area contributed by atoms with Gasteiger partial charge in [0, 0.05) is 29.3 Å². The van der Waals surface area contributed by atoms with Gasteiger partial charge < -0.3 is 19.3 Å². The van der Waals surface area contributed by atoms with Crippen LogP contribution in [0.3, 0.4) is 0 Å². The standard InChI is InChI=1S/C27H30N2O4/c1-4-32-24-11-7-6-9-21(24)27-28-22(18-13-15-19(31-3)16-14-18)17-23(29-27)20-10-8-12-25(26(20)30)33-5-2/h6-16,23,27,29-30H,4-5,17H2,1-3H3/t23-,27+/m0/s1. The van der Waals surface area contributed by atoms with Crippen molar-refractivity contribution in [3.63, 3.8) is 0 Å². The zero-order valence-corrected chi connectivity index (χ0v) is 19.2. The molecular weight excluding hydrogens is 416 g/mol. The molecule has 4 rings (SSSR count). The van der Waals surface area contributed by atoms with Crippen LogP contribution in [0.15, 0.2) is 71.7 Å². The number of ether oxygens (including phenoxy) is 3. The summed E-state index contributed by atoms with van der Waals surface area (Å²) in [5.74, 6) is 2.23. The second-order valence-corrected chi connectivity index (χ2v) is 7.73. The van der Waals surface area contributed by atoms with Gasteiger partial charge in [-0.15, -0.1) is 0 Å². The lowest BCUT2D eigenvalue weighted by atomic mass is 9.93. The number of methoxy groups -OCH3 is 1. The van der Waals surface area contributed by atoms with E-state index in [1.807, 2.05) is 74.5 Å². The monoisotopic (exact) mass is 446 g/mol. The van der Waals surface area contributed by atoms with Gasteiger partial charge in [0.15, 0.2) is 11.5 Å². The molecule has 172 valence electrons. The van der Waals surface area contributed by atoms with Crippen LogP contribution in [0.5, 0.6) is 23.0 Å². The number of hydrogen-bond donors (Lipinski definition) is 2. The fourth-order valence-electron chi connectivity index (χ4n) is 4.11. The lowest BCUT2D eigenvalue weighted by Gasteiger charge is -2.31. The van der Waals surface area contributed by atoms with Crippen LogP contribution in [0.4, 0.5) is 0 Å². The summed E-state index contributed by atoms with van der Waals surface area (Å²) in [4.78, 5) is 5.06. The van der Waals surface area contributed by atoms with E-state index < -0.39 is 0 Å². The molecule has 33 heavy (non-hydrogen) atoms. The number of aliphatic imine (C=N–C) groups is 1. The van der Waals surface area contributed by atoms with Gasteiger partial charge in [-0.1, -0.05) is 30.3 Å². The van der Waals surface area contributed by atoms with Crippen molar-refractivity contribution in [1.29, 1.82) is 0 Å². The Morgan fingerprint density at radius 2 is 1.55 bits per heavy atom. The van der Waals surface area contributed by atoms with Crippen molar-refractivity contribution >= 4 is 5.71 Å². The van der Waals surface area contributed by atoms with E-state index in [1.54, 1.807) is 13.2 Å². The highest BCUT2D eigenvalue weighted by Gasteiger charge is 2.30. The predicted octanol–water partition coefficient (Wildman–Crippen LogP) is 5.42. The highest BCUT2D eigenvalue weighted by Crippen LogP contribution is 2.40. The van der Waals surface area contributed by atoms with Crippen molar-refractivity contribution in [3.8, 4) is 23.0 Å². The Morgan fingerprint density at radius 1 is 0.879 bits per heavy atom. The third-order valence-electron chi connectivity index (χ3n) is 5.68. The molecule has 1 aliphatic heterocycles. The molecule has 0 saturated heterocycles. The van der Waals surface area contributed by atoms with Crippen molar-refractivity contribution in [2.45, 2.75) is 32.5 Å². The third-order valence-corrected chi connectivity index (χ3v) is 5.68. The fraction of sp³-hybridized carbons (Fsp3) is 0.296. The summed E-state index contributed by atoms with van der Waals surface area (Å²) in [5, 5.41) is 14.6. The molecule has 6 heteroatoms. The summed E-state index contributed by atoms with van der Waals surface area (Å²) in [5.41, 5.74) is 3.69. The van der Waals surface area contributed by atoms with E-state index in [9.17, 15) is 5.11 Å². The van der Waals surface area contributed by atoms with Gasteiger partial charge in [0.1, 0.15) is 17.7 Å². The Morgan fingerprint density at radius 3 is 2.27 bits per heavy atom. The Labute approximate surface area is 194 Å². The molecule has 0 saturated carbocycles. The first-order chi connectivity index (χ1) is 16.1. The minimum atomic E-state index is -0.334. The zero-order chi connectivity index (χ0) is 23.2. The van der Waals surface area contributed by atoms with Gasteiger partial charge in [-0.2, -0.15) is 0 Å². The normalized spacial score (nSPS) is 17.8. The summed E-state index contributed by atoms with van der Waals surface area (Å²) in [6.07, 6.45) is 0.279. The molecule has 0 amide bonds. The second-order valence-electron chi connectivity index (χ2n) is 7.73. The lowest BCUT2D eigenvalue weighted by Crippen LogP contribution is -2.33. The van der Waals surface area contributed by atoms with Crippen molar-refractivity contribution in [1.82, 2.24) is 5.32 Å². The van der Waals surface area contributed by atoms with Crippen molar-refractivity contribution in [2.24, 2.45) is 4.99 Å².